The zero-order valence-corrected chi connectivity index (χ0v) is 11.7. The van der Waals surface area contributed by atoms with Crippen molar-refractivity contribution in [1.29, 1.82) is 0 Å². The van der Waals surface area contributed by atoms with Crippen LogP contribution >= 0.6 is 15.9 Å². The minimum atomic E-state index is -0.272. The maximum atomic E-state index is 13.3. The molecular formula is C15H14BrFO. The summed E-state index contributed by atoms with van der Waals surface area (Å²) in [7, 11) is 0. The van der Waals surface area contributed by atoms with Crippen LogP contribution in [0.4, 0.5) is 4.39 Å². The van der Waals surface area contributed by atoms with Crippen molar-refractivity contribution in [2.75, 3.05) is 0 Å². The number of aryl methyl sites for hydroxylation is 1. The van der Waals surface area contributed by atoms with Crippen LogP contribution in [0.1, 0.15) is 16.7 Å². The van der Waals surface area contributed by atoms with Gasteiger partial charge in [-0.1, -0.05) is 45.8 Å². The maximum Gasteiger partial charge on any atom is 0.127 e. The lowest BCUT2D eigenvalue weighted by atomic mass is 10.1. The first-order valence-corrected chi connectivity index (χ1v) is 6.83. The Bertz CT molecular complexity index is 540. The number of hydrogen-bond acceptors (Lipinski definition) is 1. The normalized spacial score (nSPS) is 10.4. The zero-order valence-electron chi connectivity index (χ0n) is 10.1. The van der Waals surface area contributed by atoms with E-state index in [0.29, 0.717) is 17.7 Å². The number of rotatable bonds is 4. The molecule has 0 amide bonds. The second-order valence-corrected chi connectivity index (χ2v) is 4.77. The summed E-state index contributed by atoms with van der Waals surface area (Å²) in [6.07, 6.45) is 0. The standard InChI is InChI=1S/C15H14BrFO/c1-11-3-2-4-12(5-11)10-18-15-7-13(9-16)6-14(17)8-15/h2-8H,9-10H2,1H3. The summed E-state index contributed by atoms with van der Waals surface area (Å²) in [4.78, 5) is 0. The van der Waals surface area contributed by atoms with Crippen molar-refractivity contribution in [3.63, 3.8) is 0 Å². The number of benzene rings is 2. The third-order valence-electron chi connectivity index (χ3n) is 2.57. The molecule has 2 rings (SSSR count). The van der Waals surface area contributed by atoms with E-state index in [-0.39, 0.29) is 5.82 Å². The minimum absolute atomic E-state index is 0.272. The van der Waals surface area contributed by atoms with E-state index < -0.39 is 0 Å². The number of alkyl halides is 1. The van der Waals surface area contributed by atoms with Crippen LogP contribution in [-0.2, 0) is 11.9 Å². The SMILES string of the molecule is Cc1cccc(COc2cc(F)cc(CBr)c2)c1. The molecule has 0 fully saturated rings. The summed E-state index contributed by atoms with van der Waals surface area (Å²) in [5.41, 5.74) is 3.14. The van der Waals surface area contributed by atoms with E-state index in [1.165, 1.54) is 17.7 Å². The van der Waals surface area contributed by atoms with Crippen molar-refractivity contribution in [3.8, 4) is 5.75 Å². The molecule has 2 aromatic rings. The van der Waals surface area contributed by atoms with Gasteiger partial charge in [0.2, 0.25) is 0 Å². The molecule has 0 aliphatic rings. The van der Waals surface area contributed by atoms with Gasteiger partial charge in [-0.2, -0.15) is 0 Å². The van der Waals surface area contributed by atoms with E-state index in [1.54, 1.807) is 0 Å². The second kappa shape index (κ2) is 6.01. The molecule has 0 aliphatic heterocycles. The van der Waals surface area contributed by atoms with Crippen LogP contribution < -0.4 is 4.74 Å². The summed E-state index contributed by atoms with van der Waals surface area (Å²) in [6, 6.07) is 12.8. The molecule has 1 nitrogen and oxygen atoms in total. The quantitative estimate of drug-likeness (QED) is 0.750. The zero-order chi connectivity index (χ0) is 13.0. The van der Waals surface area contributed by atoms with Gasteiger partial charge in [-0.25, -0.2) is 4.39 Å². The molecule has 0 saturated carbocycles. The molecule has 0 radical (unpaired) electrons. The van der Waals surface area contributed by atoms with Crippen LogP contribution in [0.3, 0.4) is 0 Å². The van der Waals surface area contributed by atoms with E-state index in [1.807, 2.05) is 31.2 Å². The van der Waals surface area contributed by atoms with Gasteiger partial charge in [0.15, 0.2) is 0 Å². The minimum Gasteiger partial charge on any atom is -0.489 e. The third kappa shape index (κ3) is 3.57. The van der Waals surface area contributed by atoms with Gasteiger partial charge in [0.1, 0.15) is 18.2 Å². The van der Waals surface area contributed by atoms with Gasteiger partial charge in [0.05, 0.1) is 0 Å². The predicted octanol–water partition coefficient (Wildman–Crippen LogP) is 4.61. The lowest BCUT2D eigenvalue weighted by molar-refractivity contribution is 0.304. The molecule has 0 bridgehead atoms. The predicted molar refractivity (Wildman–Crippen MR) is 74.5 cm³/mol. The molecule has 2 aromatic carbocycles. The number of halogens is 2. The lowest BCUT2D eigenvalue weighted by Gasteiger charge is -2.08. The van der Waals surface area contributed by atoms with Crippen LogP contribution in [-0.4, -0.2) is 0 Å². The van der Waals surface area contributed by atoms with E-state index >= 15 is 0 Å². The Morgan fingerprint density at radius 1 is 1.11 bits per heavy atom. The van der Waals surface area contributed by atoms with Crippen LogP contribution in [0.2, 0.25) is 0 Å². The largest absolute Gasteiger partial charge is 0.489 e. The van der Waals surface area contributed by atoms with Gasteiger partial charge in [0.25, 0.3) is 0 Å². The monoisotopic (exact) mass is 308 g/mol. The van der Waals surface area contributed by atoms with Crippen molar-refractivity contribution >= 4 is 15.9 Å². The van der Waals surface area contributed by atoms with Gasteiger partial charge in [0, 0.05) is 11.4 Å². The average molecular weight is 309 g/mol. The molecule has 0 aliphatic carbocycles. The van der Waals surface area contributed by atoms with E-state index in [0.717, 1.165) is 11.1 Å². The summed E-state index contributed by atoms with van der Waals surface area (Å²) in [6.45, 7) is 2.49. The maximum absolute atomic E-state index is 13.3. The van der Waals surface area contributed by atoms with Crippen molar-refractivity contribution in [2.45, 2.75) is 18.9 Å². The van der Waals surface area contributed by atoms with E-state index in [2.05, 4.69) is 22.0 Å². The van der Waals surface area contributed by atoms with Crippen molar-refractivity contribution in [1.82, 2.24) is 0 Å². The first kappa shape index (κ1) is 13.1. The highest BCUT2D eigenvalue weighted by atomic mass is 79.9. The third-order valence-corrected chi connectivity index (χ3v) is 3.22. The molecule has 0 spiro atoms. The average Bonchev–Trinajstić information content (AvgIpc) is 2.36. The molecule has 0 atom stereocenters. The fraction of sp³-hybridized carbons (Fsp3) is 0.200. The Morgan fingerprint density at radius 3 is 2.67 bits per heavy atom. The Labute approximate surface area is 115 Å². The Hall–Kier alpha value is -1.35. The van der Waals surface area contributed by atoms with Gasteiger partial charge < -0.3 is 4.74 Å². The highest BCUT2D eigenvalue weighted by molar-refractivity contribution is 9.08. The molecule has 0 heterocycles. The molecule has 0 aromatic heterocycles. The molecule has 0 unspecified atom stereocenters. The fourth-order valence-electron chi connectivity index (χ4n) is 1.75. The van der Waals surface area contributed by atoms with Crippen molar-refractivity contribution in [2.24, 2.45) is 0 Å². The summed E-state index contributed by atoms with van der Waals surface area (Å²) < 4.78 is 18.9. The van der Waals surface area contributed by atoms with Crippen LogP contribution in [0.15, 0.2) is 42.5 Å². The smallest absolute Gasteiger partial charge is 0.127 e. The Morgan fingerprint density at radius 2 is 1.94 bits per heavy atom. The summed E-state index contributed by atoms with van der Waals surface area (Å²) in [5.74, 6) is 0.289. The number of hydrogen-bond donors (Lipinski definition) is 0. The van der Waals surface area contributed by atoms with Crippen molar-refractivity contribution < 1.29 is 9.13 Å². The fourth-order valence-corrected chi connectivity index (χ4v) is 2.07. The molecule has 3 heteroatoms. The second-order valence-electron chi connectivity index (χ2n) is 4.21. The van der Waals surface area contributed by atoms with E-state index in [9.17, 15) is 4.39 Å². The van der Waals surface area contributed by atoms with Gasteiger partial charge >= 0.3 is 0 Å². The van der Waals surface area contributed by atoms with Crippen LogP contribution in [0.5, 0.6) is 5.75 Å². The van der Waals surface area contributed by atoms with Crippen LogP contribution in [0, 0.1) is 12.7 Å². The van der Waals surface area contributed by atoms with Gasteiger partial charge in [-0.05, 0) is 30.2 Å². The first-order valence-electron chi connectivity index (χ1n) is 5.71. The van der Waals surface area contributed by atoms with Crippen molar-refractivity contribution in [3.05, 3.63) is 65.0 Å². The molecule has 0 N–H and O–H groups in total. The molecule has 94 valence electrons. The van der Waals surface area contributed by atoms with Crippen LogP contribution in [0.25, 0.3) is 0 Å². The topological polar surface area (TPSA) is 9.23 Å². The summed E-state index contributed by atoms with van der Waals surface area (Å²) >= 11 is 3.31. The molecule has 18 heavy (non-hydrogen) atoms. The Kier molecular flexibility index (Phi) is 4.37. The number of ether oxygens (including phenoxy) is 1. The lowest BCUT2D eigenvalue weighted by Crippen LogP contribution is -1.97. The highest BCUT2D eigenvalue weighted by Crippen LogP contribution is 2.19. The van der Waals surface area contributed by atoms with E-state index in [4.69, 9.17) is 4.74 Å². The molecular weight excluding hydrogens is 295 g/mol. The van der Waals surface area contributed by atoms with Gasteiger partial charge in [-0.3, -0.25) is 0 Å². The van der Waals surface area contributed by atoms with Gasteiger partial charge in [-0.15, -0.1) is 0 Å². The Balaban J connectivity index is 2.08. The highest BCUT2D eigenvalue weighted by Gasteiger charge is 2.02. The summed E-state index contributed by atoms with van der Waals surface area (Å²) in [5, 5.41) is 0.617. The molecule has 0 saturated heterocycles. The first-order chi connectivity index (χ1) is 8.67.